The second kappa shape index (κ2) is 3.70. The molecule has 14 heavy (non-hydrogen) atoms. The number of halogens is 4. The lowest BCUT2D eigenvalue weighted by Crippen LogP contribution is -2.09. The van der Waals surface area contributed by atoms with Crippen molar-refractivity contribution >= 4 is 0 Å². The quantitative estimate of drug-likeness (QED) is 0.485. The molecular weight excluding hydrogens is 196 g/mol. The van der Waals surface area contributed by atoms with Gasteiger partial charge in [0.05, 0.1) is 5.56 Å². The van der Waals surface area contributed by atoms with Crippen LogP contribution >= 0.6 is 0 Å². The molecule has 0 atom stereocenters. The Balaban J connectivity index is 3.24. The maximum atomic E-state index is 12.6. The van der Waals surface area contributed by atoms with E-state index in [0.29, 0.717) is 6.07 Å². The summed E-state index contributed by atoms with van der Waals surface area (Å²) in [5.74, 6) is 1.18. The van der Waals surface area contributed by atoms with E-state index in [1.54, 1.807) is 0 Å². The van der Waals surface area contributed by atoms with Crippen LogP contribution in [0.15, 0.2) is 18.2 Å². The molecule has 0 saturated carbocycles. The van der Waals surface area contributed by atoms with Gasteiger partial charge in [0.25, 0.3) is 0 Å². The van der Waals surface area contributed by atoms with Gasteiger partial charge in [-0.05, 0) is 17.7 Å². The SMILES string of the molecule is C#CCc1ccc(F)cc1C(F)(F)F. The van der Waals surface area contributed by atoms with Crippen molar-refractivity contribution < 1.29 is 17.6 Å². The fourth-order valence-electron chi connectivity index (χ4n) is 1.08. The number of terminal acetylenes is 1. The molecular formula is C10H6F4. The number of alkyl halides is 3. The van der Waals surface area contributed by atoms with Gasteiger partial charge in [0.2, 0.25) is 0 Å². The smallest absolute Gasteiger partial charge is 0.207 e. The summed E-state index contributed by atoms with van der Waals surface area (Å²) in [6.45, 7) is 0. The van der Waals surface area contributed by atoms with E-state index in [2.05, 4.69) is 5.92 Å². The third-order valence-corrected chi connectivity index (χ3v) is 1.67. The van der Waals surface area contributed by atoms with E-state index in [9.17, 15) is 17.6 Å². The van der Waals surface area contributed by atoms with E-state index >= 15 is 0 Å². The maximum absolute atomic E-state index is 12.6. The van der Waals surface area contributed by atoms with Crippen molar-refractivity contribution in [3.63, 3.8) is 0 Å². The van der Waals surface area contributed by atoms with Crippen molar-refractivity contribution in [3.8, 4) is 12.3 Å². The highest BCUT2D eigenvalue weighted by Gasteiger charge is 2.33. The monoisotopic (exact) mass is 202 g/mol. The molecule has 0 bridgehead atoms. The summed E-state index contributed by atoms with van der Waals surface area (Å²) in [7, 11) is 0. The molecule has 0 aliphatic heterocycles. The summed E-state index contributed by atoms with van der Waals surface area (Å²) in [6.07, 6.45) is 0.181. The molecule has 0 saturated heterocycles. The highest BCUT2D eigenvalue weighted by Crippen LogP contribution is 2.32. The fourth-order valence-corrected chi connectivity index (χ4v) is 1.08. The van der Waals surface area contributed by atoms with E-state index in [1.165, 1.54) is 0 Å². The topological polar surface area (TPSA) is 0 Å². The Morgan fingerprint density at radius 1 is 1.29 bits per heavy atom. The zero-order valence-electron chi connectivity index (χ0n) is 7.03. The van der Waals surface area contributed by atoms with Crippen LogP contribution in [-0.2, 0) is 12.6 Å². The third-order valence-electron chi connectivity index (χ3n) is 1.67. The lowest BCUT2D eigenvalue weighted by Gasteiger charge is -2.10. The lowest BCUT2D eigenvalue weighted by atomic mass is 10.0. The van der Waals surface area contributed by atoms with Crippen LogP contribution in [0.25, 0.3) is 0 Å². The maximum Gasteiger partial charge on any atom is 0.416 e. The second-order valence-corrected chi connectivity index (χ2v) is 2.68. The largest absolute Gasteiger partial charge is 0.416 e. The molecule has 0 amide bonds. The van der Waals surface area contributed by atoms with Crippen molar-refractivity contribution in [1.29, 1.82) is 0 Å². The van der Waals surface area contributed by atoms with Gasteiger partial charge in [-0.3, -0.25) is 0 Å². The minimum atomic E-state index is -4.56. The molecule has 0 aliphatic carbocycles. The summed E-state index contributed by atoms with van der Waals surface area (Å²) in [4.78, 5) is 0. The van der Waals surface area contributed by atoms with Crippen molar-refractivity contribution in [2.24, 2.45) is 0 Å². The first-order chi connectivity index (χ1) is 6.45. The average molecular weight is 202 g/mol. The number of rotatable bonds is 1. The first-order valence-electron chi connectivity index (χ1n) is 3.74. The highest BCUT2D eigenvalue weighted by atomic mass is 19.4. The Hall–Kier alpha value is -1.50. The van der Waals surface area contributed by atoms with Crippen LogP contribution in [0.5, 0.6) is 0 Å². The number of hydrogen-bond donors (Lipinski definition) is 0. The summed E-state index contributed by atoms with van der Waals surface area (Å²) >= 11 is 0. The summed E-state index contributed by atoms with van der Waals surface area (Å²) in [5.41, 5.74) is -1.09. The fraction of sp³-hybridized carbons (Fsp3) is 0.200. The molecule has 1 aromatic rings. The van der Waals surface area contributed by atoms with Crippen LogP contribution in [0.1, 0.15) is 11.1 Å². The van der Waals surface area contributed by atoms with E-state index < -0.39 is 17.6 Å². The summed E-state index contributed by atoms with van der Waals surface area (Å²) < 4.78 is 49.5. The minimum Gasteiger partial charge on any atom is -0.207 e. The first-order valence-corrected chi connectivity index (χ1v) is 3.74. The minimum absolute atomic E-state index is 0.0820. The molecule has 0 radical (unpaired) electrons. The van der Waals surface area contributed by atoms with Crippen LogP contribution < -0.4 is 0 Å². The van der Waals surface area contributed by atoms with Gasteiger partial charge in [-0.1, -0.05) is 6.07 Å². The predicted molar refractivity (Wildman–Crippen MR) is 43.9 cm³/mol. The Kier molecular flexibility index (Phi) is 2.80. The summed E-state index contributed by atoms with van der Waals surface area (Å²) in [6, 6.07) is 2.46. The third kappa shape index (κ3) is 2.25. The Labute approximate surface area is 78.6 Å². The zero-order chi connectivity index (χ0) is 10.8. The first kappa shape index (κ1) is 10.6. The van der Waals surface area contributed by atoms with Gasteiger partial charge in [-0.15, -0.1) is 12.3 Å². The molecule has 0 heterocycles. The van der Waals surface area contributed by atoms with E-state index in [4.69, 9.17) is 6.42 Å². The molecule has 0 aromatic heterocycles. The molecule has 0 nitrogen and oxygen atoms in total. The summed E-state index contributed by atoms with van der Waals surface area (Å²) in [5, 5.41) is 0. The van der Waals surface area contributed by atoms with Crippen LogP contribution in [0, 0.1) is 18.2 Å². The van der Waals surface area contributed by atoms with Crippen LogP contribution in [0.3, 0.4) is 0 Å². The van der Waals surface area contributed by atoms with E-state index in [-0.39, 0.29) is 12.0 Å². The number of benzene rings is 1. The van der Waals surface area contributed by atoms with Gasteiger partial charge in [0.15, 0.2) is 0 Å². The van der Waals surface area contributed by atoms with Gasteiger partial charge >= 0.3 is 6.18 Å². The molecule has 0 spiro atoms. The highest BCUT2D eigenvalue weighted by molar-refractivity contribution is 5.32. The van der Waals surface area contributed by atoms with Crippen LogP contribution in [0.2, 0.25) is 0 Å². The molecule has 4 heteroatoms. The van der Waals surface area contributed by atoms with Crippen molar-refractivity contribution in [1.82, 2.24) is 0 Å². The Morgan fingerprint density at radius 3 is 2.43 bits per heavy atom. The molecule has 1 aromatic carbocycles. The molecule has 0 N–H and O–H groups in total. The van der Waals surface area contributed by atoms with Gasteiger partial charge in [-0.25, -0.2) is 4.39 Å². The van der Waals surface area contributed by atoms with E-state index in [1.807, 2.05) is 0 Å². The molecule has 0 unspecified atom stereocenters. The van der Waals surface area contributed by atoms with E-state index in [0.717, 1.165) is 12.1 Å². The van der Waals surface area contributed by atoms with Gasteiger partial charge in [0.1, 0.15) is 5.82 Å². The molecule has 74 valence electrons. The van der Waals surface area contributed by atoms with Crippen LogP contribution in [-0.4, -0.2) is 0 Å². The lowest BCUT2D eigenvalue weighted by molar-refractivity contribution is -0.138. The molecule has 1 rings (SSSR count). The van der Waals surface area contributed by atoms with Gasteiger partial charge in [0, 0.05) is 6.42 Å². The van der Waals surface area contributed by atoms with Gasteiger partial charge < -0.3 is 0 Å². The predicted octanol–water partition coefficient (Wildman–Crippen LogP) is 3.02. The van der Waals surface area contributed by atoms with Crippen molar-refractivity contribution in [2.75, 3.05) is 0 Å². The van der Waals surface area contributed by atoms with Crippen molar-refractivity contribution in [3.05, 3.63) is 35.1 Å². The molecule has 0 aliphatic rings. The zero-order valence-corrected chi connectivity index (χ0v) is 7.03. The van der Waals surface area contributed by atoms with Crippen LogP contribution in [0.4, 0.5) is 17.6 Å². The van der Waals surface area contributed by atoms with Gasteiger partial charge in [-0.2, -0.15) is 13.2 Å². The average Bonchev–Trinajstić information content (AvgIpc) is 2.07. The second-order valence-electron chi connectivity index (χ2n) is 2.68. The van der Waals surface area contributed by atoms with Crippen molar-refractivity contribution in [2.45, 2.75) is 12.6 Å². The standard InChI is InChI=1S/C10H6F4/c1-2-3-7-4-5-8(11)6-9(7)10(12,13)14/h1,4-6H,3H2. The number of hydrogen-bond acceptors (Lipinski definition) is 0. The Bertz CT molecular complexity index is 371. The Morgan fingerprint density at radius 2 is 1.93 bits per heavy atom. The normalized spacial score (nSPS) is 11.1. The molecule has 0 fully saturated rings.